The largest absolute Gasteiger partial charge is 0.494 e. The molecule has 0 spiro atoms. The lowest BCUT2D eigenvalue weighted by Crippen LogP contribution is -2.37. The Balaban J connectivity index is 1.61. The van der Waals surface area contributed by atoms with Crippen molar-refractivity contribution in [2.24, 2.45) is 0 Å². The topological polar surface area (TPSA) is 93.5 Å². The SMILES string of the molecule is CCOc1ccccc1[C@H]1C(C(=O)Nc2ccccn2)=C(C)NC2=C1C(=O)C[C@@H](c1ccco1)C2. The predicted octanol–water partition coefficient (Wildman–Crippen LogP) is 5.07. The number of hydrogen-bond acceptors (Lipinski definition) is 6. The van der Waals surface area contributed by atoms with Gasteiger partial charge in [0.15, 0.2) is 5.78 Å². The number of carbonyl (C=O) groups is 2. The van der Waals surface area contributed by atoms with E-state index in [4.69, 9.17) is 9.15 Å². The Morgan fingerprint density at radius 1 is 1.14 bits per heavy atom. The number of nitrogens with zero attached hydrogens (tertiary/aromatic N) is 1. The number of nitrogens with one attached hydrogen (secondary N) is 2. The van der Waals surface area contributed by atoms with Crippen LogP contribution in [0.2, 0.25) is 0 Å². The van der Waals surface area contributed by atoms with E-state index in [0.29, 0.717) is 47.9 Å². The van der Waals surface area contributed by atoms with Crippen LogP contribution in [0, 0.1) is 0 Å². The first-order chi connectivity index (χ1) is 17.1. The van der Waals surface area contributed by atoms with Gasteiger partial charge in [0.2, 0.25) is 0 Å². The molecular weight excluding hydrogens is 442 g/mol. The van der Waals surface area contributed by atoms with Gasteiger partial charge in [0, 0.05) is 46.6 Å². The summed E-state index contributed by atoms with van der Waals surface area (Å²) in [7, 11) is 0. The van der Waals surface area contributed by atoms with E-state index in [1.54, 1.807) is 24.6 Å². The first-order valence-electron chi connectivity index (χ1n) is 11.8. The van der Waals surface area contributed by atoms with Crippen molar-refractivity contribution in [1.82, 2.24) is 10.3 Å². The third-order valence-corrected chi connectivity index (χ3v) is 6.45. The third kappa shape index (κ3) is 4.37. The molecule has 0 radical (unpaired) electrons. The summed E-state index contributed by atoms with van der Waals surface area (Å²) >= 11 is 0. The Kier molecular flexibility index (Phi) is 6.23. The van der Waals surface area contributed by atoms with Crippen LogP contribution in [0.1, 0.15) is 49.8 Å². The van der Waals surface area contributed by atoms with Crippen LogP contribution in [0.4, 0.5) is 5.82 Å². The number of Topliss-reactive ketones (excluding diaryl/α,β-unsaturated/α-hetero) is 1. The monoisotopic (exact) mass is 469 g/mol. The van der Waals surface area contributed by atoms with Gasteiger partial charge < -0.3 is 19.8 Å². The van der Waals surface area contributed by atoms with Crippen LogP contribution >= 0.6 is 0 Å². The molecule has 7 heteroatoms. The number of para-hydroxylation sites is 1. The predicted molar refractivity (Wildman–Crippen MR) is 132 cm³/mol. The smallest absolute Gasteiger partial charge is 0.255 e. The van der Waals surface area contributed by atoms with Gasteiger partial charge in [-0.1, -0.05) is 24.3 Å². The highest BCUT2D eigenvalue weighted by Gasteiger charge is 2.42. The molecule has 0 unspecified atom stereocenters. The van der Waals surface area contributed by atoms with Gasteiger partial charge in [-0.3, -0.25) is 9.59 Å². The maximum Gasteiger partial charge on any atom is 0.255 e. The fourth-order valence-electron chi connectivity index (χ4n) is 5.00. The molecule has 0 saturated heterocycles. The van der Waals surface area contributed by atoms with Crippen molar-refractivity contribution in [2.75, 3.05) is 11.9 Å². The molecule has 2 atom stereocenters. The maximum atomic E-state index is 13.7. The van der Waals surface area contributed by atoms with E-state index in [-0.39, 0.29) is 17.6 Å². The minimum absolute atomic E-state index is 0.00733. The lowest BCUT2D eigenvalue weighted by Gasteiger charge is -2.36. The first-order valence-corrected chi connectivity index (χ1v) is 11.8. The van der Waals surface area contributed by atoms with Crippen LogP contribution in [0.25, 0.3) is 0 Å². The molecule has 0 fully saturated rings. The van der Waals surface area contributed by atoms with Gasteiger partial charge in [-0.2, -0.15) is 0 Å². The van der Waals surface area contributed by atoms with Gasteiger partial charge >= 0.3 is 0 Å². The number of anilines is 1. The number of carbonyl (C=O) groups excluding carboxylic acids is 2. The Labute approximate surface area is 203 Å². The molecule has 178 valence electrons. The Morgan fingerprint density at radius 2 is 1.97 bits per heavy atom. The van der Waals surface area contributed by atoms with Crippen molar-refractivity contribution in [1.29, 1.82) is 0 Å². The molecular formula is C28H27N3O4. The van der Waals surface area contributed by atoms with E-state index in [9.17, 15) is 9.59 Å². The van der Waals surface area contributed by atoms with E-state index in [1.165, 1.54) is 0 Å². The van der Waals surface area contributed by atoms with Gasteiger partial charge in [-0.05, 0) is 50.6 Å². The third-order valence-electron chi connectivity index (χ3n) is 6.45. The number of pyridine rings is 1. The van der Waals surface area contributed by atoms with Crippen LogP contribution in [0.15, 0.2) is 94.0 Å². The zero-order valence-electron chi connectivity index (χ0n) is 19.7. The van der Waals surface area contributed by atoms with E-state index < -0.39 is 5.92 Å². The summed E-state index contributed by atoms with van der Waals surface area (Å²) in [5.74, 6) is 0.960. The number of ketones is 1. The second-order valence-electron chi connectivity index (χ2n) is 8.67. The summed E-state index contributed by atoms with van der Waals surface area (Å²) in [5.41, 5.74) is 3.40. The molecule has 7 nitrogen and oxygen atoms in total. The fraction of sp³-hybridized carbons (Fsp3) is 0.250. The number of dihydropyridines is 1. The summed E-state index contributed by atoms with van der Waals surface area (Å²) in [6.07, 6.45) is 4.19. The summed E-state index contributed by atoms with van der Waals surface area (Å²) in [4.78, 5) is 31.5. The molecule has 2 aliphatic rings. The second-order valence-corrected chi connectivity index (χ2v) is 8.67. The molecule has 0 saturated carbocycles. The number of benzene rings is 1. The molecule has 3 heterocycles. The van der Waals surface area contributed by atoms with Crippen molar-refractivity contribution < 1.29 is 18.7 Å². The average Bonchev–Trinajstić information content (AvgIpc) is 3.39. The van der Waals surface area contributed by atoms with Gasteiger partial charge in [-0.15, -0.1) is 0 Å². The molecule has 1 aliphatic carbocycles. The molecule has 35 heavy (non-hydrogen) atoms. The van der Waals surface area contributed by atoms with E-state index in [0.717, 1.165) is 17.0 Å². The number of furan rings is 1. The molecule has 5 rings (SSSR count). The number of aromatic nitrogens is 1. The number of rotatable bonds is 6. The van der Waals surface area contributed by atoms with E-state index in [2.05, 4.69) is 15.6 Å². The highest BCUT2D eigenvalue weighted by molar-refractivity contribution is 6.09. The van der Waals surface area contributed by atoms with Gasteiger partial charge in [-0.25, -0.2) is 4.98 Å². The lowest BCUT2D eigenvalue weighted by atomic mass is 9.72. The fourth-order valence-corrected chi connectivity index (χ4v) is 5.00. The second kappa shape index (κ2) is 9.62. The quantitative estimate of drug-likeness (QED) is 0.523. The average molecular weight is 470 g/mol. The summed E-state index contributed by atoms with van der Waals surface area (Å²) in [5, 5.41) is 6.28. The number of ether oxygens (including phenoxy) is 1. The highest BCUT2D eigenvalue weighted by atomic mass is 16.5. The minimum atomic E-state index is -0.567. The first kappa shape index (κ1) is 22.7. The summed E-state index contributed by atoms with van der Waals surface area (Å²) < 4.78 is 11.5. The van der Waals surface area contributed by atoms with Crippen molar-refractivity contribution in [3.63, 3.8) is 0 Å². The molecule has 0 bridgehead atoms. The van der Waals surface area contributed by atoms with Crippen LogP contribution < -0.4 is 15.4 Å². The van der Waals surface area contributed by atoms with E-state index >= 15 is 0 Å². The Morgan fingerprint density at radius 3 is 2.71 bits per heavy atom. The number of allylic oxidation sites excluding steroid dienone is 3. The lowest BCUT2D eigenvalue weighted by molar-refractivity contribution is -0.116. The van der Waals surface area contributed by atoms with Gasteiger partial charge in [0.05, 0.1) is 18.8 Å². The molecule has 1 aliphatic heterocycles. The number of amides is 1. The molecule has 2 N–H and O–H groups in total. The highest BCUT2D eigenvalue weighted by Crippen LogP contribution is 2.47. The zero-order valence-corrected chi connectivity index (χ0v) is 19.7. The Hall–Kier alpha value is -4.13. The summed E-state index contributed by atoms with van der Waals surface area (Å²) in [6.45, 7) is 4.26. The van der Waals surface area contributed by atoms with Crippen molar-refractivity contribution in [2.45, 2.75) is 38.5 Å². The van der Waals surface area contributed by atoms with E-state index in [1.807, 2.05) is 56.3 Å². The normalized spacial score (nSPS) is 19.8. The zero-order chi connectivity index (χ0) is 24.4. The molecule has 2 aromatic heterocycles. The molecule has 3 aromatic rings. The van der Waals surface area contributed by atoms with Crippen LogP contribution in [0.5, 0.6) is 5.75 Å². The van der Waals surface area contributed by atoms with Crippen molar-refractivity contribution >= 4 is 17.5 Å². The number of hydrogen-bond donors (Lipinski definition) is 2. The maximum absolute atomic E-state index is 13.7. The molecule has 1 aromatic carbocycles. The van der Waals surface area contributed by atoms with Gasteiger partial charge in [0.1, 0.15) is 17.3 Å². The molecule has 1 amide bonds. The minimum Gasteiger partial charge on any atom is -0.494 e. The van der Waals surface area contributed by atoms with Crippen LogP contribution in [-0.2, 0) is 9.59 Å². The van der Waals surface area contributed by atoms with Crippen molar-refractivity contribution in [3.05, 3.63) is 101 Å². The van der Waals surface area contributed by atoms with Crippen molar-refractivity contribution in [3.8, 4) is 5.75 Å². The van der Waals surface area contributed by atoms with Gasteiger partial charge in [0.25, 0.3) is 5.91 Å². The van der Waals surface area contributed by atoms with Crippen LogP contribution in [-0.4, -0.2) is 23.3 Å². The Bertz CT molecular complexity index is 1310. The standard InChI is InChI=1S/C28H27N3O4/c1-3-34-23-10-5-4-9-19(23)26-25(28(33)31-24-12-6-7-13-29-24)17(2)30-20-15-18(16-21(32)27(20)26)22-11-8-14-35-22/h4-14,18,26,30H,3,15-16H2,1-2H3,(H,29,31,33)/t18-,26-/m0/s1. The van der Waals surface area contributed by atoms with Crippen LogP contribution in [0.3, 0.4) is 0 Å². The summed E-state index contributed by atoms with van der Waals surface area (Å²) in [6, 6.07) is 16.7.